The molecule has 0 radical (unpaired) electrons. The van der Waals surface area contributed by atoms with Gasteiger partial charge in [-0.05, 0) is 38.0 Å². The maximum absolute atomic E-state index is 12.8. The summed E-state index contributed by atoms with van der Waals surface area (Å²) in [5.41, 5.74) is 11.0. The van der Waals surface area contributed by atoms with Gasteiger partial charge in [0.05, 0.1) is 25.7 Å². The first-order valence-electron chi connectivity index (χ1n) is 15.4. The van der Waals surface area contributed by atoms with E-state index in [1.54, 1.807) is 27.7 Å². The third-order valence-corrected chi connectivity index (χ3v) is 6.79. The second-order valence-corrected chi connectivity index (χ2v) is 12.4. The Balaban J connectivity index is 4.95. The zero-order valence-electron chi connectivity index (χ0n) is 28.4. The van der Waals surface area contributed by atoms with Crippen LogP contribution in [0.5, 0.6) is 0 Å². The number of aliphatic hydroxyl groups excluding tert-OH is 1. The number of nitrogens with one attached hydrogen (secondary N) is 7. The number of amides is 8. The summed E-state index contributed by atoms with van der Waals surface area (Å²) in [6.07, 6.45) is 0.432. The smallest absolute Gasteiger partial charge is 0.245 e. The number of hydrogen-bond donors (Lipinski definition) is 10. The van der Waals surface area contributed by atoms with Crippen LogP contribution in [0, 0.1) is 17.8 Å². The van der Waals surface area contributed by atoms with E-state index in [1.165, 1.54) is 13.8 Å². The van der Waals surface area contributed by atoms with Gasteiger partial charge in [0.2, 0.25) is 47.3 Å². The molecule has 0 unspecified atom stereocenters. The molecule has 0 aliphatic rings. The first-order chi connectivity index (χ1) is 21.7. The molecular weight excluding hydrogens is 618 g/mol. The lowest BCUT2D eigenvalue weighted by Crippen LogP contribution is -2.59. The highest BCUT2D eigenvalue weighted by Crippen LogP contribution is 2.06. The van der Waals surface area contributed by atoms with Crippen molar-refractivity contribution in [2.75, 3.05) is 19.7 Å². The van der Waals surface area contributed by atoms with Crippen LogP contribution < -0.4 is 48.7 Å². The van der Waals surface area contributed by atoms with E-state index in [-0.39, 0.29) is 11.8 Å². The van der Waals surface area contributed by atoms with Crippen molar-refractivity contribution in [1.82, 2.24) is 37.2 Å². The van der Waals surface area contributed by atoms with Crippen LogP contribution >= 0.6 is 0 Å². The predicted molar refractivity (Wildman–Crippen MR) is 170 cm³/mol. The topological polar surface area (TPSA) is 293 Å². The van der Waals surface area contributed by atoms with E-state index in [4.69, 9.17) is 11.5 Å². The van der Waals surface area contributed by atoms with Crippen LogP contribution in [0.3, 0.4) is 0 Å². The van der Waals surface area contributed by atoms with Gasteiger partial charge in [-0.3, -0.25) is 38.4 Å². The van der Waals surface area contributed by atoms with Crippen molar-refractivity contribution in [3.63, 3.8) is 0 Å². The lowest BCUT2D eigenvalue weighted by Gasteiger charge is -2.25. The molecule has 6 atom stereocenters. The second kappa shape index (κ2) is 20.7. The van der Waals surface area contributed by atoms with Crippen molar-refractivity contribution in [1.29, 1.82) is 0 Å². The Bertz CT molecular complexity index is 1130. The van der Waals surface area contributed by atoms with E-state index in [2.05, 4.69) is 37.2 Å². The number of aliphatic hydroxyl groups is 1. The summed E-state index contributed by atoms with van der Waals surface area (Å²) < 4.78 is 0. The molecule has 12 N–H and O–H groups in total. The molecule has 18 heteroatoms. The zero-order chi connectivity index (χ0) is 36.6. The molecule has 0 aromatic rings. The molecule has 0 rings (SSSR count). The van der Waals surface area contributed by atoms with Gasteiger partial charge in [0.25, 0.3) is 0 Å². The fraction of sp³-hybridized carbons (Fsp3) is 0.724. The van der Waals surface area contributed by atoms with Crippen molar-refractivity contribution < 1.29 is 43.5 Å². The van der Waals surface area contributed by atoms with Gasteiger partial charge in [0, 0.05) is 0 Å². The average Bonchev–Trinajstić information content (AvgIpc) is 2.97. The van der Waals surface area contributed by atoms with Crippen LogP contribution in [0.15, 0.2) is 0 Å². The molecule has 0 heterocycles. The Hall–Kier alpha value is -4.32. The average molecular weight is 672 g/mol. The van der Waals surface area contributed by atoms with E-state index in [9.17, 15) is 43.5 Å². The van der Waals surface area contributed by atoms with Crippen LogP contribution in [0.2, 0.25) is 0 Å². The van der Waals surface area contributed by atoms with Crippen LogP contribution in [0.4, 0.5) is 0 Å². The van der Waals surface area contributed by atoms with Gasteiger partial charge in [0.15, 0.2) is 0 Å². The molecular formula is C29H53N9O9. The molecule has 0 fully saturated rings. The Morgan fingerprint density at radius 3 is 1.53 bits per heavy atom. The quantitative estimate of drug-likeness (QED) is 0.0596. The highest BCUT2D eigenvalue weighted by Gasteiger charge is 2.30. The number of hydrogen-bond acceptors (Lipinski definition) is 10. The highest BCUT2D eigenvalue weighted by atomic mass is 16.3. The van der Waals surface area contributed by atoms with Gasteiger partial charge < -0.3 is 53.8 Å². The van der Waals surface area contributed by atoms with E-state index in [0.717, 1.165) is 0 Å². The van der Waals surface area contributed by atoms with Crippen LogP contribution in [0.25, 0.3) is 0 Å². The van der Waals surface area contributed by atoms with Crippen molar-refractivity contribution in [2.24, 2.45) is 29.2 Å². The number of carbonyl (C=O) groups is 8. The van der Waals surface area contributed by atoms with Crippen molar-refractivity contribution in [3.05, 3.63) is 0 Å². The minimum Gasteiger partial charge on any atom is -0.394 e. The summed E-state index contributed by atoms with van der Waals surface area (Å²) in [7, 11) is 0. The minimum absolute atomic E-state index is 0.177. The predicted octanol–water partition coefficient (Wildman–Crippen LogP) is -4.15. The van der Waals surface area contributed by atoms with Gasteiger partial charge >= 0.3 is 0 Å². The molecule has 0 aliphatic carbocycles. The van der Waals surface area contributed by atoms with Gasteiger partial charge in [0.1, 0.15) is 30.2 Å². The Morgan fingerprint density at radius 2 is 1.06 bits per heavy atom. The maximum atomic E-state index is 12.8. The minimum atomic E-state index is -1.43. The summed E-state index contributed by atoms with van der Waals surface area (Å²) in [6.45, 7) is 11.3. The summed E-state index contributed by atoms with van der Waals surface area (Å²) in [4.78, 5) is 98.7. The summed E-state index contributed by atoms with van der Waals surface area (Å²) in [5, 5.41) is 26.3. The fourth-order valence-corrected chi connectivity index (χ4v) is 3.97. The second-order valence-electron chi connectivity index (χ2n) is 12.4. The lowest BCUT2D eigenvalue weighted by atomic mass is 10.0. The Kier molecular flexibility index (Phi) is 18.8. The largest absolute Gasteiger partial charge is 0.394 e. The zero-order valence-corrected chi connectivity index (χ0v) is 28.4. The van der Waals surface area contributed by atoms with E-state index in [0.29, 0.717) is 6.42 Å². The molecule has 0 saturated heterocycles. The standard InChI is InChI=1S/C29H53N9O9/c1-13(2)9-18(30)26(44)38-22(14(3)4)28(46)33-10-20(40)34-17(8)25(43)32-11-21(41)37-23(15(5)6)29(47)36-19(12-39)27(45)35-16(7)24(31)42/h13-19,22-23,39H,9-12,30H2,1-8H3,(H2,31,42)(H,32,43)(H,33,46)(H,34,40)(H,35,45)(H,36,47)(H,37,41)(H,38,44)/t16-,17-,18-,19-,22-,23-/m0/s1. The third-order valence-electron chi connectivity index (χ3n) is 6.79. The third kappa shape index (κ3) is 16.2. The van der Waals surface area contributed by atoms with E-state index >= 15 is 0 Å². The number of carbonyl (C=O) groups excluding carboxylic acids is 8. The fourth-order valence-electron chi connectivity index (χ4n) is 3.97. The van der Waals surface area contributed by atoms with Gasteiger partial charge in [-0.25, -0.2) is 0 Å². The molecule has 0 aliphatic heterocycles. The van der Waals surface area contributed by atoms with Crippen molar-refractivity contribution >= 4 is 47.3 Å². The number of rotatable bonds is 20. The van der Waals surface area contributed by atoms with Crippen LogP contribution in [-0.2, 0) is 38.4 Å². The van der Waals surface area contributed by atoms with Crippen LogP contribution in [0.1, 0.15) is 61.8 Å². The number of primary amides is 1. The summed E-state index contributed by atoms with van der Waals surface area (Å²) in [6, 6.07) is -6.50. The van der Waals surface area contributed by atoms with Gasteiger partial charge in [-0.15, -0.1) is 0 Å². The first-order valence-corrected chi connectivity index (χ1v) is 15.4. The first kappa shape index (κ1) is 42.7. The molecule has 0 spiro atoms. The van der Waals surface area contributed by atoms with Gasteiger partial charge in [-0.2, -0.15) is 0 Å². The summed E-state index contributed by atoms with van der Waals surface area (Å²) in [5.74, 6) is -6.40. The monoisotopic (exact) mass is 671 g/mol. The van der Waals surface area contributed by atoms with Gasteiger partial charge in [-0.1, -0.05) is 41.5 Å². The number of nitrogens with two attached hydrogens (primary N) is 2. The summed E-state index contributed by atoms with van der Waals surface area (Å²) >= 11 is 0. The molecule has 47 heavy (non-hydrogen) atoms. The normalized spacial score (nSPS) is 14.9. The Morgan fingerprint density at radius 1 is 0.574 bits per heavy atom. The van der Waals surface area contributed by atoms with Crippen LogP contribution in [-0.4, -0.2) is 108 Å². The molecule has 0 aromatic carbocycles. The molecule has 0 aromatic heterocycles. The Labute approximate surface area is 275 Å². The SMILES string of the molecule is CC(C)C[C@H](N)C(=O)N[C@H](C(=O)NCC(=O)N[C@@H](C)C(=O)NCC(=O)N[C@H](C(=O)N[C@@H](CO)C(=O)N[C@@H](C)C(N)=O)C(C)C)C(C)C. The van der Waals surface area contributed by atoms with E-state index in [1.807, 2.05) is 13.8 Å². The maximum Gasteiger partial charge on any atom is 0.245 e. The molecule has 18 nitrogen and oxygen atoms in total. The van der Waals surface area contributed by atoms with E-state index < -0.39 is 109 Å². The molecule has 268 valence electrons. The van der Waals surface area contributed by atoms with Crippen molar-refractivity contribution in [3.8, 4) is 0 Å². The molecule has 0 bridgehead atoms. The molecule has 0 saturated carbocycles. The van der Waals surface area contributed by atoms with Crippen molar-refractivity contribution in [2.45, 2.75) is 98.1 Å². The lowest BCUT2D eigenvalue weighted by molar-refractivity contribution is -0.135. The molecule has 8 amide bonds. The highest BCUT2D eigenvalue weighted by molar-refractivity contribution is 5.96.